The highest BCUT2D eigenvalue weighted by atomic mass is 31.2. The van der Waals surface area contributed by atoms with E-state index in [0.29, 0.717) is 0 Å². The van der Waals surface area contributed by atoms with Gasteiger partial charge in [0.25, 0.3) is 0 Å². The second kappa shape index (κ2) is 13.1. The smallest absolute Gasteiger partial charge is 0.0620 e. The zero-order valence-corrected chi connectivity index (χ0v) is 25.3. The Hall–Kier alpha value is -4.34. The van der Waals surface area contributed by atoms with Gasteiger partial charge in [0.2, 0.25) is 0 Å². The topological polar surface area (TPSA) is 0 Å². The van der Waals surface area contributed by atoms with Crippen molar-refractivity contribution in [1.82, 2.24) is 0 Å². The van der Waals surface area contributed by atoms with Crippen LogP contribution in [0.3, 0.4) is 0 Å². The van der Waals surface area contributed by atoms with E-state index in [1.165, 1.54) is 31.8 Å². The Morgan fingerprint density at radius 1 is 0.238 bits per heavy atom. The molecule has 0 atom stereocenters. The summed E-state index contributed by atoms with van der Waals surface area (Å²) in [6, 6.07) is 66.1. The average molecular weight is 577 g/mol. The lowest BCUT2D eigenvalue weighted by Crippen LogP contribution is -2.29. The third-order valence-corrected chi connectivity index (χ3v) is 15.6. The molecule has 0 spiro atoms. The van der Waals surface area contributed by atoms with Gasteiger partial charge < -0.3 is 0 Å². The van der Waals surface area contributed by atoms with E-state index in [2.05, 4.69) is 206 Å². The van der Waals surface area contributed by atoms with E-state index in [1.807, 2.05) is 0 Å². The van der Waals surface area contributed by atoms with Crippen LogP contribution in [0.15, 0.2) is 206 Å². The minimum absolute atomic E-state index is 1.35. The lowest BCUT2D eigenvalue weighted by atomic mass is 10.4. The van der Waals surface area contributed by atoms with Crippen LogP contribution in [0, 0.1) is 0 Å². The molecule has 202 valence electrons. The van der Waals surface area contributed by atoms with E-state index in [-0.39, 0.29) is 0 Å². The standard InChI is InChI=1S/C40H34P2/c1-7-21-35(22-8-1)41(36-23-9-2-10-24-36,37-25-11-3-12-26-37)33-19-20-34-42(38-27-13-4-14-28-38,39-29-15-5-16-30-39)40-31-17-6-18-32-40/h1-34H/q+2. The fourth-order valence-electron chi connectivity index (χ4n) is 5.75. The van der Waals surface area contributed by atoms with Gasteiger partial charge >= 0.3 is 0 Å². The van der Waals surface area contributed by atoms with E-state index in [9.17, 15) is 0 Å². The van der Waals surface area contributed by atoms with Crippen LogP contribution in [0.4, 0.5) is 0 Å². The molecule has 0 unspecified atom stereocenters. The second-order valence-corrected chi connectivity index (χ2v) is 16.7. The van der Waals surface area contributed by atoms with E-state index >= 15 is 0 Å². The van der Waals surface area contributed by atoms with Gasteiger partial charge in [-0.2, -0.15) is 0 Å². The second-order valence-electron chi connectivity index (χ2n) is 10.1. The first-order chi connectivity index (χ1) is 20.8. The van der Waals surface area contributed by atoms with Crippen LogP contribution in [0.5, 0.6) is 0 Å². The first-order valence-electron chi connectivity index (χ1n) is 14.3. The third-order valence-electron chi connectivity index (χ3n) is 7.71. The minimum Gasteiger partial charge on any atom is -0.0620 e. The van der Waals surface area contributed by atoms with Crippen molar-refractivity contribution >= 4 is 46.4 Å². The summed E-state index contributed by atoms with van der Waals surface area (Å²) in [5.41, 5.74) is 0. The summed E-state index contributed by atoms with van der Waals surface area (Å²) < 4.78 is 0. The number of allylic oxidation sites excluding steroid dienone is 2. The van der Waals surface area contributed by atoms with Gasteiger partial charge in [-0.05, 0) is 84.9 Å². The zero-order chi connectivity index (χ0) is 28.5. The number of rotatable bonds is 9. The summed E-state index contributed by atoms with van der Waals surface area (Å²) in [5, 5.41) is 8.10. The lowest BCUT2D eigenvalue weighted by Gasteiger charge is -2.24. The Kier molecular flexibility index (Phi) is 8.67. The SMILES string of the molecule is C(C=C[P+](c1ccccc1)(c1ccccc1)c1ccccc1)=C[P+](c1ccccc1)(c1ccccc1)c1ccccc1. The summed E-state index contributed by atoms with van der Waals surface area (Å²) >= 11 is 0. The molecule has 0 heterocycles. The fourth-order valence-corrected chi connectivity index (χ4v) is 13.1. The van der Waals surface area contributed by atoms with Gasteiger partial charge in [0.05, 0.1) is 11.6 Å². The number of hydrogen-bond donors (Lipinski definition) is 0. The molecule has 0 saturated carbocycles. The largest absolute Gasteiger partial charge is 0.136 e. The first-order valence-corrected chi connectivity index (χ1v) is 18.0. The number of benzene rings is 6. The minimum atomic E-state index is -2.07. The van der Waals surface area contributed by atoms with Gasteiger partial charge in [0.15, 0.2) is 0 Å². The van der Waals surface area contributed by atoms with Crippen LogP contribution in [0.1, 0.15) is 0 Å². The average Bonchev–Trinajstić information content (AvgIpc) is 3.09. The molecule has 0 N–H and O–H groups in total. The zero-order valence-electron chi connectivity index (χ0n) is 23.5. The molecule has 0 aliphatic heterocycles. The van der Waals surface area contributed by atoms with E-state index in [4.69, 9.17) is 0 Å². The quantitative estimate of drug-likeness (QED) is 0.121. The summed E-state index contributed by atoms with van der Waals surface area (Å²) in [5.74, 6) is 4.97. The summed E-state index contributed by atoms with van der Waals surface area (Å²) in [4.78, 5) is 0. The van der Waals surface area contributed by atoms with Crippen molar-refractivity contribution in [2.24, 2.45) is 0 Å². The van der Waals surface area contributed by atoms with Gasteiger partial charge in [0.1, 0.15) is 46.4 Å². The van der Waals surface area contributed by atoms with Crippen molar-refractivity contribution in [2.75, 3.05) is 0 Å². The first kappa shape index (κ1) is 27.8. The fraction of sp³-hybridized carbons (Fsp3) is 0. The van der Waals surface area contributed by atoms with E-state index in [0.717, 1.165) is 0 Å². The monoisotopic (exact) mass is 576 g/mol. The van der Waals surface area contributed by atoms with Crippen molar-refractivity contribution in [1.29, 1.82) is 0 Å². The van der Waals surface area contributed by atoms with Crippen LogP contribution >= 0.6 is 14.5 Å². The van der Waals surface area contributed by atoms with E-state index in [1.54, 1.807) is 0 Å². The third kappa shape index (κ3) is 5.45. The molecule has 42 heavy (non-hydrogen) atoms. The van der Waals surface area contributed by atoms with E-state index < -0.39 is 14.5 Å². The van der Waals surface area contributed by atoms with Crippen LogP contribution in [0.25, 0.3) is 0 Å². The molecule has 6 aromatic rings. The summed E-state index contributed by atoms with van der Waals surface area (Å²) in [6.07, 6.45) is 4.62. The molecule has 0 fully saturated rings. The molecule has 0 aromatic heterocycles. The van der Waals surface area contributed by atoms with Crippen LogP contribution in [-0.2, 0) is 0 Å². The Morgan fingerprint density at radius 2 is 0.405 bits per heavy atom. The molecule has 0 aliphatic carbocycles. The molecular formula is C40H34P2+2. The Morgan fingerprint density at radius 3 is 0.571 bits per heavy atom. The maximum Gasteiger partial charge on any atom is 0.136 e. The van der Waals surface area contributed by atoms with Crippen LogP contribution in [0.2, 0.25) is 0 Å². The van der Waals surface area contributed by atoms with Gasteiger partial charge in [0, 0.05) is 0 Å². The number of hydrogen-bond acceptors (Lipinski definition) is 0. The molecule has 6 rings (SSSR count). The van der Waals surface area contributed by atoms with Crippen molar-refractivity contribution in [3.05, 3.63) is 206 Å². The van der Waals surface area contributed by atoms with Gasteiger partial charge in [-0.1, -0.05) is 109 Å². The molecule has 0 radical (unpaired) electrons. The van der Waals surface area contributed by atoms with Crippen molar-refractivity contribution in [3.63, 3.8) is 0 Å². The molecule has 6 aromatic carbocycles. The summed E-state index contributed by atoms with van der Waals surface area (Å²) in [6.45, 7) is 0. The van der Waals surface area contributed by atoms with Crippen LogP contribution in [-0.4, -0.2) is 0 Å². The molecule has 0 aliphatic rings. The highest BCUT2D eigenvalue weighted by Crippen LogP contribution is 2.58. The maximum atomic E-state index is 2.49. The van der Waals surface area contributed by atoms with Crippen molar-refractivity contribution < 1.29 is 0 Å². The lowest BCUT2D eigenvalue weighted by molar-refractivity contribution is 1.72. The van der Waals surface area contributed by atoms with Gasteiger partial charge in [-0.25, -0.2) is 0 Å². The summed E-state index contributed by atoms with van der Waals surface area (Å²) in [7, 11) is -4.14. The van der Waals surface area contributed by atoms with Crippen molar-refractivity contribution in [2.45, 2.75) is 0 Å². The Labute approximate surface area is 251 Å². The molecule has 0 saturated heterocycles. The Balaban J connectivity index is 1.56. The Bertz CT molecular complexity index is 1400. The van der Waals surface area contributed by atoms with Gasteiger partial charge in [-0.3, -0.25) is 0 Å². The van der Waals surface area contributed by atoms with Gasteiger partial charge in [-0.15, -0.1) is 0 Å². The highest BCUT2D eigenvalue weighted by molar-refractivity contribution is 7.98. The molecule has 0 bridgehead atoms. The predicted molar refractivity (Wildman–Crippen MR) is 189 cm³/mol. The maximum absolute atomic E-state index is 2.49. The molecular weight excluding hydrogens is 542 g/mol. The molecule has 0 nitrogen and oxygen atoms in total. The molecule has 2 heteroatoms. The highest BCUT2D eigenvalue weighted by Gasteiger charge is 2.44. The van der Waals surface area contributed by atoms with Crippen molar-refractivity contribution in [3.8, 4) is 0 Å². The van der Waals surface area contributed by atoms with Crippen LogP contribution < -0.4 is 31.8 Å². The molecule has 0 amide bonds. The predicted octanol–water partition coefficient (Wildman–Crippen LogP) is 8.00. The normalized spacial score (nSPS) is 12.1.